The van der Waals surface area contributed by atoms with Gasteiger partial charge in [-0.1, -0.05) is 37.1 Å². The first-order chi connectivity index (χ1) is 6.19. The number of hydrogen-bond acceptors (Lipinski definition) is 1. The molecule has 0 aliphatic heterocycles. The molecule has 0 amide bonds. The van der Waals surface area contributed by atoms with Gasteiger partial charge in [-0.25, -0.2) is 0 Å². The molecule has 1 heteroatoms. The third kappa shape index (κ3) is 2.44. The highest BCUT2D eigenvalue weighted by molar-refractivity contribution is 5.21. The van der Waals surface area contributed by atoms with Crippen LogP contribution in [0.15, 0.2) is 23.3 Å². The largest absolute Gasteiger partial charge is 0.392 e. The Bertz CT molecular complexity index is 209. The van der Waals surface area contributed by atoms with Gasteiger partial charge in [0.25, 0.3) is 0 Å². The minimum Gasteiger partial charge on any atom is -0.392 e. The van der Waals surface area contributed by atoms with Crippen LogP contribution in [0.5, 0.6) is 0 Å². The first-order valence-electron chi connectivity index (χ1n) is 5.13. The second-order valence-corrected chi connectivity index (χ2v) is 4.04. The van der Waals surface area contributed by atoms with Crippen LogP contribution in [0.3, 0.4) is 0 Å². The Morgan fingerprint density at radius 3 is 2.23 bits per heavy atom. The summed E-state index contributed by atoms with van der Waals surface area (Å²) in [5.74, 6) is 1.32. The van der Waals surface area contributed by atoms with E-state index in [-0.39, 0.29) is 6.61 Å². The predicted molar refractivity (Wildman–Crippen MR) is 56.5 cm³/mol. The molecule has 0 spiro atoms. The molecular weight excluding hydrogens is 160 g/mol. The number of hydrogen-bond donors (Lipinski definition) is 1. The third-order valence-corrected chi connectivity index (χ3v) is 2.99. The molecule has 2 atom stereocenters. The van der Waals surface area contributed by atoms with Crippen LogP contribution >= 0.6 is 0 Å². The topological polar surface area (TPSA) is 20.2 Å². The van der Waals surface area contributed by atoms with Gasteiger partial charge in [0.15, 0.2) is 0 Å². The number of rotatable bonds is 1. The zero-order valence-electron chi connectivity index (χ0n) is 8.88. The SMILES string of the molecule is CC=C1[C@H](C)CC(=CCO)C[C@H]1C. The van der Waals surface area contributed by atoms with Crippen molar-refractivity contribution in [3.8, 4) is 0 Å². The molecule has 0 bridgehead atoms. The van der Waals surface area contributed by atoms with Crippen LogP contribution in [0.4, 0.5) is 0 Å². The summed E-state index contributed by atoms with van der Waals surface area (Å²) in [5.41, 5.74) is 3.00. The van der Waals surface area contributed by atoms with Gasteiger partial charge in [-0.3, -0.25) is 0 Å². The van der Waals surface area contributed by atoms with E-state index in [1.54, 1.807) is 5.57 Å². The van der Waals surface area contributed by atoms with Crippen LogP contribution in [0.2, 0.25) is 0 Å². The van der Waals surface area contributed by atoms with Gasteiger partial charge in [0.2, 0.25) is 0 Å². The van der Waals surface area contributed by atoms with Crippen molar-refractivity contribution >= 4 is 0 Å². The molecule has 0 aromatic heterocycles. The third-order valence-electron chi connectivity index (χ3n) is 2.99. The molecule has 13 heavy (non-hydrogen) atoms. The molecule has 1 saturated carbocycles. The predicted octanol–water partition coefficient (Wildman–Crippen LogP) is 2.92. The van der Waals surface area contributed by atoms with E-state index in [1.165, 1.54) is 5.57 Å². The maximum Gasteiger partial charge on any atom is 0.0615 e. The fourth-order valence-corrected chi connectivity index (χ4v) is 2.46. The van der Waals surface area contributed by atoms with E-state index < -0.39 is 0 Å². The van der Waals surface area contributed by atoms with Crippen molar-refractivity contribution in [2.45, 2.75) is 33.6 Å². The Kier molecular flexibility index (Phi) is 3.73. The highest BCUT2D eigenvalue weighted by Crippen LogP contribution is 2.36. The van der Waals surface area contributed by atoms with E-state index in [0.29, 0.717) is 11.8 Å². The highest BCUT2D eigenvalue weighted by Gasteiger charge is 2.22. The molecule has 1 nitrogen and oxygen atoms in total. The molecule has 0 unspecified atom stereocenters. The van der Waals surface area contributed by atoms with E-state index >= 15 is 0 Å². The second-order valence-electron chi connectivity index (χ2n) is 4.04. The normalized spacial score (nSPS) is 28.9. The van der Waals surface area contributed by atoms with Crippen molar-refractivity contribution in [3.05, 3.63) is 23.3 Å². The fraction of sp³-hybridized carbons (Fsp3) is 0.667. The Balaban J connectivity index is 2.73. The Morgan fingerprint density at radius 2 is 1.85 bits per heavy atom. The zero-order valence-corrected chi connectivity index (χ0v) is 8.88. The molecule has 0 heterocycles. The highest BCUT2D eigenvalue weighted by atomic mass is 16.2. The van der Waals surface area contributed by atoms with Crippen molar-refractivity contribution in [2.75, 3.05) is 6.61 Å². The van der Waals surface area contributed by atoms with E-state index in [4.69, 9.17) is 5.11 Å². The minimum atomic E-state index is 0.194. The van der Waals surface area contributed by atoms with Crippen molar-refractivity contribution < 1.29 is 5.11 Å². The summed E-state index contributed by atoms with van der Waals surface area (Å²) >= 11 is 0. The molecule has 1 fully saturated rings. The molecular formula is C12H20O. The summed E-state index contributed by atoms with van der Waals surface area (Å²) in [4.78, 5) is 0. The summed E-state index contributed by atoms with van der Waals surface area (Å²) in [7, 11) is 0. The van der Waals surface area contributed by atoms with Crippen molar-refractivity contribution in [2.24, 2.45) is 11.8 Å². The van der Waals surface area contributed by atoms with Gasteiger partial charge in [-0.15, -0.1) is 0 Å². The Hall–Kier alpha value is -0.560. The first-order valence-corrected chi connectivity index (χ1v) is 5.13. The molecule has 1 aliphatic carbocycles. The monoisotopic (exact) mass is 180 g/mol. The van der Waals surface area contributed by atoms with Crippen LogP contribution in [0, 0.1) is 11.8 Å². The van der Waals surface area contributed by atoms with Gasteiger partial charge in [-0.2, -0.15) is 0 Å². The second kappa shape index (κ2) is 4.61. The minimum absolute atomic E-state index is 0.194. The first kappa shape index (κ1) is 10.5. The molecule has 0 aromatic carbocycles. The van der Waals surface area contributed by atoms with E-state index in [9.17, 15) is 0 Å². The Labute approximate surface area is 81.2 Å². The number of aliphatic hydroxyl groups is 1. The summed E-state index contributed by atoms with van der Waals surface area (Å²) < 4.78 is 0. The van der Waals surface area contributed by atoms with Gasteiger partial charge in [0.05, 0.1) is 6.61 Å². The molecule has 74 valence electrons. The lowest BCUT2D eigenvalue weighted by Gasteiger charge is -2.30. The molecule has 0 aromatic rings. The number of allylic oxidation sites excluding steroid dienone is 3. The lowest BCUT2D eigenvalue weighted by Crippen LogP contribution is -2.16. The van der Waals surface area contributed by atoms with Gasteiger partial charge in [-0.05, 0) is 31.6 Å². The lowest BCUT2D eigenvalue weighted by molar-refractivity contribution is 0.339. The molecule has 0 radical (unpaired) electrons. The van der Waals surface area contributed by atoms with Crippen LogP contribution in [-0.2, 0) is 0 Å². The quantitative estimate of drug-likeness (QED) is 0.615. The van der Waals surface area contributed by atoms with Gasteiger partial charge >= 0.3 is 0 Å². The maximum absolute atomic E-state index is 8.82. The van der Waals surface area contributed by atoms with Crippen molar-refractivity contribution in [1.82, 2.24) is 0 Å². The molecule has 0 saturated heterocycles. The summed E-state index contributed by atoms with van der Waals surface area (Å²) in [5, 5.41) is 8.82. The van der Waals surface area contributed by atoms with Crippen LogP contribution in [-0.4, -0.2) is 11.7 Å². The van der Waals surface area contributed by atoms with Crippen LogP contribution < -0.4 is 0 Å². The van der Waals surface area contributed by atoms with Gasteiger partial charge < -0.3 is 5.11 Å². The zero-order chi connectivity index (χ0) is 9.84. The van der Waals surface area contributed by atoms with E-state index in [2.05, 4.69) is 26.8 Å². The van der Waals surface area contributed by atoms with Gasteiger partial charge in [0.1, 0.15) is 0 Å². The van der Waals surface area contributed by atoms with E-state index in [0.717, 1.165) is 12.8 Å². The summed E-state index contributed by atoms with van der Waals surface area (Å²) in [6.07, 6.45) is 6.49. The van der Waals surface area contributed by atoms with Crippen molar-refractivity contribution in [3.63, 3.8) is 0 Å². The average molecular weight is 180 g/mol. The Morgan fingerprint density at radius 1 is 1.31 bits per heavy atom. The van der Waals surface area contributed by atoms with Crippen LogP contribution in [0.1, 0.15) is 33.6 Å². The van der Waals surface area contributed by atoms with Crippen LogP contribution in [0.25, 0.3) is 0 Å². The number of aliphatic hydroxyl groups excluding tert-OH is 1. The maximum atomic E-state index is 8.82. The molecule has 1 N–H and O–H groups in total. The smallest absolute Gasteiger partial charge is 0.0615 e. The fourth-order valence-electron chi connectivity index (χ4n) is 2.46. The molecule has 1 rings (SSSR count). The summed E-state index contributed by atoms with van der Waals surface area (Å²) in [6.45, 7) is 6.87. The van der Waals surface area contributed by atoms with E-state index in [1.807, 2.05) is 6.08 Å². The summed E-state index contributed by atoms with van der Waals surface area (Å²) in [6, 6.07) is 0. The lowest BCUT2D eigenvalue weighted by atomic mass is 9.76. The molecule has 1 aliphatic rings. The van der Waals surface area contributed by atoms with Crippen molar-refractivity contribution in [1.29, 1.82) is 0 Å². The standard InChI is InChI=1S/C12H20O/c1-4-12-9(2)7-11(5-6-13)8-10(12)3/h4-5,9-10,13H,6-8H2,1-3H3/t9-,10-/m1/s1. The van der Waals surface area contributed by atoms with Gasteiger partial charge in [0, 0.05) is 0 Å². The average Bonchev–Trinajstić information content (AvgIpc) is 2.04.